The van der Waals surface area contributed by atoms with Crippen LogP contribution in [0.2, 0.25) is 0 Å². The molecule has 0 heterocycles. The number of rotatable bonds is 7. The maximum absolute atomic E-state index is 10.4. The van der Waals surface area contributed by atoms with Gasteiger partial charge in [0.25, 0.3) is 0 Å². The number of hydrogen-bond donors (Lipinski definition) is 3. The number of nitrogens with one attached hydrogen (secondary N) is 1. The molecule has 4 nitrogen and oxygen atoms in total. The molecule has 0 aromatic rings. The Morgan fingerprint density at radius 2 is 2.06 bits per heavy atom. The first-order valence-electron chi connectivity index (χ1n) is 6.14. The first-order chi connectivity index (χ1) is 7.58. The molecule has 1 aliphatic rings. The summed E-state index contributed by atoms with van der Waals surface area (Å²) in [6.45, 7) is 3.05. The molecular weight excluding hydrogens is 206 g/mol. The standard InChI is InChI=1S/C12H23NO3/c1-10(4-5-11(15)16)13-8-12(9-14)6-2-3-7-12/h10,13-14H,2-9H2,1H3,(H,15,16). The molecule has 1 saturated carbocycles. The van der Waals surface area contributed by atoms with Crippen molar-refractivity contribution in [2.24, 2.45) is 5.41 Å². The fourth-order valence-electron chi connectivity index (χ4n) is 2.35. The fraction of sp³-hybridized carbons (Fsp3) is 0.917. The molecule has 0 bridgehead atoms. The summed E-state index contributed by atoms with van der Waals surface area (Å²) in [5, 5.41) is 21.3. The molecule has 0 aromatic carbocycles. The van der Waals surface area contributed by atoms with E-state index in [1.54, 1.807) is 0 Å². The van der Waals surface area contributed by atoms with Crippen molar-refractivity contribution in [2.45, 2.75) is 51.5 Å². The van der Waals surface area contributed by atoms with Crippen LogP contribution in [0.1, 0.15) is 45.4 Å². The Labute approximate surface area is 97.0 Å². The number of carboxylic acid groups (broad SMARTS) is 1. The maximum Gasteiger partial charge on any atom is 0.303 e. The van der Waals surface area contributed by atoms with Crippen LogP contribution in [0.4, 0.5) is 0 Å². The summed E-state index contributed by atoms with van der Waals surface area (Å²) in [5.74, 6) is -0.744. The SMILES string of the molecule is CC(CCC(=O)O)NCC1(CO)CCCC1. The highest BCUT2D eigenvalue weighted by molar-refractivity contribution is 5.66. The number of aliphatic carboxylic acids is 1. The van der Waals surface area contributed by atoms with Crippen LogP contribution in [0.25, 0.3) is 0 Å². The van der Waals surface area contributed by atoms with Crippen molar-refractivity contribution >= 4 is 5.97 Å². The minimum absolute atomic E-state index is 0.0531. The molecule has 4 heteroatoms. The van der Waals surface area contributed by atoms with Crippen LogP contribution in [0, 0.1) is 5.41 Å². The summed E-state index contributed by atoms with van der Waals surface area (Å²) in [6, 6.07) is 0.208. The molecule has 1 rings (SSSR count). The predicted octanol–water partition coefficient (Wildman–Crippen LogP) is 1.38. The van der Waals surface area contributed by atoms with Gasteiger partial charge in [0.15, 0.2) is 0 Å². The second-order valence-corrected chi connectivity index (χ2v) is 5.08. The summed E-state index contributed by atoms with van der Waals surface area (Å²) < 4.78 is 0. The van der Waals surface area contributed by atoms with Gasteiger partial charge in [-0.25, -0.2) is 0 Å². The van der Waals surface area contributed by atoms with Crippen LogP contribution in [-0.4, -0.2) is 35.4 Å². The fourth-order valence-corrected chi connectivity index (χ4v) is 2.35. The molecule has 0 radical (unpaired) electrons. The van der Waals surface area contributed by atoms with Crippen molar-refractivity contribution < 1.29 is 15.0 Å². The topological polar surface area (TPSA) is 69.6 Å². The van der Waals surface area contributed by atoms with Gasteiger partial charge in [-0.3, -0.25) is 4.79 Å². The maximum atomic E-state index is 10.4. The van der Waals surface area contributed by atoms with Crippen molar-refractivity contribution in [2.75, 3.05) is 13.2 Å². The highest BCUT2D eigenvalue weighted by Crippen LogP contribution is 2.36. The Morgan fingerprint density at radius 1 is 1.44 bits per heavy atom. The Bertz CT molecular complexity index is 224. The Kier molecular flexibility index (Phi) is 5.22. The Hall–Kier alpha value is -0.610. The van der Waals surface area contributed by atoms with Crippen molar-refractivity contribution in [3.8, 4) is 0 Å². The van der Waals surface area contributed by atoms with Gasteiger partial charge in [-0.05, 0) is 26.2 Å². The van der Waals surface area contributed by atoms with Crippen molar-refractivity contribution in [1.29, 1.82) is 0 Å². The molecule has 16 heavy (non-hydrogen) atoms. The third-order valence-corrected chi connectivity index (χ3v) is 3.62. The Balaban J connectivity index is 2.24. The van der Waals surface area contributed by atoms with E-state index in [2.05, 4.69) is 5.32 Å². The van der Waals surface area contributed by atoms with Gasteiger partial charge in [-0.1, -0.05) is 12.8 Å². The Morgan fingerprint density at radius 3 is 2.56 bits per heavy atom. The molecule has 1 atom stereocenters. The quantitative estimate of drug-likeness (QED) is 0.617. The first kappa shape index (κ1) is 13.5. The van der Waals surface area contributed by atoms with E-state index in [1.807, 2.05) is 6.92 Å². The summed E-state index contributed by atoms with van der Waals surface area (Å²) in [7, 11) is 0. The zero-order chi connectivity index (χ0) is 12.0. The van der Waals surface area contributed by atoms with Gasteiger partial charge in [-0.15, -0.1) is 0 Å². The molecule has 1 unspecified atom stereocenters. The lowest BCUT2D eigenvalue weighted by Crippen LogP contribution is -2.39. The molecule has 0 amide bonds. The molecule has 0 saturated heterocycles. The summed E-state index contributed by atoms with van der Waals surface area (Å²) >= 11 is 0. The second-order valence-electron chi connectivity index (χ2n) is 5.08. The average Bonchev–Trinajstić information content (AvgIpc) is 2.73. The van der Waals surface area contributed by atoms with Crippen LogP contribution >= 0.6 is 0 Å². The first-order valence-corrected chi connectivity index (χ1v) is 6.14. The number of carboxylic acids is 1. The van der Waals surface area contributed by atoms with Gasteiger partial charge in [0.1, 0.15) is 0 Å². The second kappa shape index (κ2) is 6.21. The summed E-state index contributed by atoms with van der Waals surface area (Å²) in [5.41, 5.74) is 0.0531. The molecule has 0 aromatic heterocycles. The van der Waals surface area contributed by atoms with Gasteiger partial charge < -0.3 is 15.5 Å². The summed E-state index contributed by atoms with van der Waals surface area (Å²) in [4.78, 5) is 10.4. The number of aliphatic hydroxyl groups is 1. The van der Waals surface area contributed by atoms with Gasteiger partial charge in [-0.2, -0.15) is 0 Å². The van der Waals surface area contributed by atoms with E-state index in [4.69, 9.17) is 5.11 Å². The zero-order valence-corrected chi connectivity index (χ0v) is 10.0. The lowest BCUT2D eigenvalue weighted by atomic mass is 9.87. The van der Waals surface area contributed by atoms with E-state index in [1.165, 1.54) is 12.8 Å². The minimum atomic E-state index is -0.744. The zero-order valence-electron chi connectivity index (χ0n) is 10.0. The van der Waals surface area contributed by atoms with E-state index in [9.17, 15) is 9.90 Å². The molecule has 1 aliphatic carbocycles. The molecule has 1 fully saturated rings. The monoisotopic (exact) mass is 229 g/mol. The van der Waals surface area contributed by atoms with Crippen molar-refractivity contribution in [3.05, 3.63) is 0 Å². The predicted molar refractivity (Wildman–Crippen MR) is 62.3 cm³/mol. The van der Waals surface area contributed by atoms with E-state index in [0.29, 0.717) is 6.42 Å². The van der Waals surface area contributed by atoms with E-state index >= 15 is 0 Å². The molecule has 0 aliphatic heterocycles. The third-order valence-electron chi connectivity index (χ3n) is 3.62. The van der Waals surface area contributed by atoms with Crippen LogP contribution in [0.3, 0.4) is 0 Å². The normalized spacial score (nSPS) is 20.9. The molecule has 0 spiro atoms. The van der Waals surface area contributed by atoms with Gasteiger partial charge >= 0.3 is 5.97 Å². The number of carbonyl (C=O) groups is 1. The highest BCUT2D eigenvalue weighted by atomic mass is 16.4. The molecule has 3 N–H and O–H groups in total. The summed E-state index contributed by atoms with van der Waals surface area (Å²) in [6.07, 6.45) is 5.43. The van der Waals surface area contributed by atoms with Crippen LogP contribution in [0.5, 0.6) is 0 Å². The number of aliphatic hydroxyl groups excluding tert-OH is 1. The van der Waals surface area contributed by atoms with Crippen LogP contribution < -0.4 is 5.32 Å². The lowest BCUT2D eigenvalue weighted by molar-refractivity contribution is -0.137. The lowest BCUT2D eigenvalue weighted by Gasteiger charge is -2.28. The van der Waals surface area contributed by atoms with Gasteiger partial charge in [0.05, 0.1) is 0 Å². The van der Waals surface area contributed by atoms with E-state index < -0.39 is 5.97 Å². The van der Waals surface area contributed by atoms with Crippen molar-refractivity contribution in [3.63, 3.8) is 0 Å². The highest BCUT2D eigenvalue weighted by Gasteiger charge is 2.32. The van der Waals surface area contributed by atoms with Gasteiger partial charge in [0, 0.05) is 31.0 Å². The van der Waals surface area contributed by atoms with E-state index in [-0.39, 0.29) is 24.5 Å². The smallest absolute Gasteiger partial charge is 0.303 e. The van der Waals surface area contributed by atoms with Crippen molar-refractivity contribution in [1.82, 2.24) is 5.32 Å². The third kappa shape index (κ3) is 4.10. The van der Waals surface area contributed by atoms with Crippen LogP contribution in [0.15, 0.2) is 0 Å². The van der Waals surface area contributed by atoms with Crippen LogP contribution in [-0.2, 0) is 4.79 Å². The average molecular weight is 229 g/mol. The molecule has 94 valence electrons. The minimum Gasteiger partial charge on any atom is -0.481 e. The van der Waals surface area contributed by atoms with E-state index in [0.717, 1.165) is 19.4 Å². The number of hydrogen-bond acceptors (Lipinski definition) is 3. The molecular formula is C12H23NO3. The van der Waals surface area contributed by atoms with Gasteiger partial charge in [0.2, 0.25) is 0 Å². The largest absolute Gasteiger partial charge is 0.481 e.